The van der Waals surface area contributed by atoms with Gasteiger partial charge in [-0.3, -0.25) is 24.6 Å². The van der Waals surface area contributed by atoms with E-state index >= 15 is 4.39 Å². The molecule has 0 saturated carbocycles. The van der Waals surface area contributed by atoms with Gasteiger partial charge in [0.15, 0.2) is 5.82 Å². The van der Waals surface area contributed by atoms with Crippen molar-refractivity contribution in [1.82, 2.24) is 24.9 Å². The average molecular weight is 641 g/mol. The molecule has 5 heterocycles. The highest BCUT2D eigenvalue weighted by Gasteiger charge is 2.41. The van der Waals surface area contributed by atoms with Crippen LogP contribution in [0.15, 0.2) is 12.1 Å². The predicted molar refractivity (Wildman–Crippen MR) is 171 cm³/mol. The van der Waals surface area contributed by atoms with Crippen LogP contribution in [0.2, 0.25) is 0 Å². The third kappa shape index (κ3) is 7.33. The van der Waals surface area contributed by atoms with Crippen LogP contribution in [0, 0.1) is 17.7 Å². The van der Waals surface area contributed by atoms with Gasteiger partial charge in [0.2, 0.25) is 11.8 Å². The Morgan fingerprint density at radius 1 is 0.913 bits per heavy atom. The van der Waals surface area contributed by atoms with Crippen LogP contribution in [0.1, 0.15) is 75.2 Å². The summed E-state index contributed by atoms with van der Waals surface area (Å²) in [6.07, 6.45) is 4.78. The van der Waals surface area contributed by atoms with Crippen LogP contribution in [0.3, 0.4) is 0 Å². The lowest BCUT2D eigenvalue weighted by Gasteiger charge is -2.41. The van der Waals surface area contributed by atoms with Crippen molar-refractivity contribution in [1.29, 1.82) is 0 Å². The number of anilines is 1. The molecule has 1 aromatic rings. The molecule has 6 rings (SSSR count). The molecule has 3 atom stereocenters. The summed E-state index contributed by atoms with van der Waals surface area (Å²) in [5.41, 5.74) is 0.668. The zero-order valence-corrected chi connectivity index (χ0v) is 27.6. The molecule has 1 aromatic carbocycles. The molecule has 0 aromatic heterocycles. The Morgan fingerprint density at radius 3 is 2.33 bits per heavy atom. The van der Waals surface area contributed by atoms with E-state index in [2.05, 4.69) is 20.0 Å². The first-order valence-electron chi connectivity index (χ1n) is 17.1. The van der Waals surface area contributed by atoms with E-state index in [0.29, 0.717) is 41.7 Å². The number of piperazine rings is 1. The number of nitrogens with one attached hydrogen (secondary N) is 1. The average Bonchev–Trinajstić information content (AvgIpc) is 3.34. The van der Waals surface area contributed by atoms with E-state index in [1.807, 2.05) is 25.7 Å². The third-order valence-corrected chi connectivity index (χ3v) is 10.1. The highest BCUT2D eigenvalue weighted by atomic mass is 19.1. The maximum Gasteiger partial charge on any atom is 0.410 e. The summed E-state index contributed by atoms with van der Waals surface area (Å²) in [6, 6.07) is 2.63. The van der Waals surface area contributed by atoms with Crippen LogP contribution in [0.4, 0.5) is 14.9 Å². The molecule has 0 bridgehead atoms. The number of hydrogen-bond acceptors (Lipinski definition) is 8. The van der Waals surface area contributed by atoms with Crippen molar-refractivity contribution in [3.05, 3.63) is 29.1 Å². The third-order valence-electron chi connectivity index (χ3n) is 10.1. The molecule has 1 N–H and O–H groups in total. The summed E-state index contributed by atoms with van der Waals surface area (Å²) in [7, 11) is 0. The first-order valence-corrected chi connectivity index (χ1v) is 17.1. The van der Waals surface area contributed by atoms with Crippen LogP contribution >= 0.6 is 0 Å². The number of carbonyl (C=O) groups is 4. The minimum Gasteiger partial charge on any atom is -0.444 e. The van der Waals surface area contributed by atoms with E-state index in [9.17, 15) is 19.2 Å². The number of rotatable bonds is 6. The summed E-state index contributed by atoms with van der Waals surface area (Å²) in [6.45, 7) is 14.6. The monoisotopic (exact) mass is 640 g/mol. The van der Waals surface area contributed by atoms with Gasteiger partial charge in [-0.25, -0.2) is 9.18 Å². The van der Waals surface area contributed by atoms with Gasteiger partial charge in [0.25, 0.3) is 5.91 Å². The molecule has 0 aliphatic carbocycles. The van der Waals surface area contributed by atoms with Crippen molar-refractivity contribution in [2.45, 2.75) is 77.5 Å². The Balaban J connectivity index is 0.983. The number of amides is 4. The van der Waals surface area contributed by atoms with Crippen molar-refractivity contribution in [3.8, 4) is 0 Å². The van der Waals surface area contributed by atoms with E-state index in [4.69, 9.17) is 4.74 Å². The zero-order chi connectivity index (χ0) is 32.6. The Kier molecular flexibility index (Phi) is 9.57. The summed E-state index contributed by atoms with van der Waals surface area (Å²) in [5, 5.41) is 2.30. The van der Waals surface area contributed by atoms with Gasteiger partial charge in [0.1, 0.15) is 11.6 Å². The van der Waals surface area contributed by atoms with E-state index in [0.717, 1.165) is 65.2 Å². The maximum absolute atomic E-state index is 15.9. The quantitative estimate of drug-likeness (QED) is 0.474. The summed E-state index contributed by atoms with van der Waals surface area (Å²) >= 11 is 0. The van der Waals surface area contributed by atoms with Crippen molar-refractivity contribution in [2.24, 2.45) is 11.8 Å². The highest BCUT2D eigenvalue weighted by Crippen LogP contribution is 2.34. The molecule has 4 saturated heterocycles. The first-order chi connectivity index (χ1) is 21.9. The molecular weight excluding hydrogens is 591 g/mol. The van der Waals surface area contributed by atoms with E-state index in [1.54, 1.807) is 12.1 Å². The number of hydrogen-bond donors (Lipinski definition) is 1. The number of likely N-dealkylation sites (tertiary alicyclic amines) is 2. The van der Waals surface area contributed by atoms with Gasteiger partial charge in [-0.1, -0.05) is 0 Å². The van der Waals surface area contributed by atoms with Crippen LogP contribution in [-0.4, -0.2) is 121 Å². The molecule has 12 heteroatoms. The van der Waals surface area contributed by atoms with E-state index < -0.39 is 17.6 Å². The second kappa shape index (κ2) is 13.5. The lowest BCUT2D eigenvalue weighted by molar-refractivity contribution is -0.136. The van der Waals surface area contributed by atoms with Gasteiger partial charge >= 0.3 is 6.09 Å². The molecule has 5 aliphatic heterocycles. The second-order valence-corrected chi connectivity index (χ2v) is 14.8. The normalized spacial score (nSPS) is 26.7. The number of nitrogens with zero attached hydrogens (tertiary/aromatic N) is 5. The molecule has 11 nitrogen and oxygen atoms in total. The smallest absolute Gasteiger partial charge is 0.410 e. The Bertz CT molecular complexity index is 1340. The minimum absolute atomic E-state index is 0.0398. The van der Waals surface area contributed by atoms with Crippen molar-refractivity contribution in [2.75, 3.05) is 70.3 Å². The lowest BCUT2D eigenvalue weighted by atomic mass is 9.93. The Morgan fingerprint density at radius 2 is 1.61 bits per heavy atom. The summed E-state index contributed by atoms with van der Waals surface area (Å²) in [4.78, 5) is 60.1. The number of ether oxygens (including phenoxy) is 1. The van der Waals surface area contributed by atoms with E-state index in [-0.39, 0.29) is 43.1 Å². The summed E-state index contributed by atoms with van der Waals surface area (Å²) < 4.78 is 21.5. The van der Waals surface area contributed by atoms with Gasteiger partial charge in [0, 0.05) is 76.5 Å². The number of piperidine rings is 3. The van der Waals surface area contributed by atoms with Crippen LogP contribution in [-0.2, 0) is 20.9 Å². The van der Waals surface area contributed by atoms with Crippen LogP contribution in [0.25, 0.3) is 0 Å². The molecular formula is C34H49FN6O5. The van der Waals surface area contributed by atoms with Crippen molar-refractivity contribution in [3.63, 3.8) is 0 Å². The molecule has 4 fully saturated rings. The highest BCUT2D eigenvalue weighted by molar-refractivity contribution is 6.05. The molecule has 5 aliphatic rings. The molecule has 0 spiro atoms. The lowest BCUT2D eigenvalue weighted by Crippen LogP contribution is -2.52. The number of benzene rings is 1. The fourth-order valence-electron chi connectivity index (χ4n) is 7.91. The van der Waals surface area contributed by atoms with Gasteiger partial charge < -0.3 is 24.3 Å². The van der Waals surface area contributed by atoms with Crippen LogP contribution < -0.4 is 10.2 Å². The van der Waals surface area contributed by atoms with Crippen LogP contribution in [0.5, 0.6) is 0 Å². The van der Waals surface area contributed by atoms with Gasteiger partial charge in [-0.15, -0.1) is 0 Å². The van der Waals surface area contributed by atoms with Gasteiger partial charge in [-0.05, 0) is 83.4 Å². The first kappa shape index (κ1) is 32.7. The largest absolute Gasteiger partial charge is 0.444 e. The SMILES string of the molecule is CC(C)(C)OC(=O)N1CCC[C@H](CN2CCC[C@H](CN3CCN(c4ccc5c(c4F)CN(C4CCC(=O)NC4=O)C5=O)CC3)C2)C1. The van der Waals surface area contributed by atoms with Gasteiger partial charge in [-0.2, -0.15) is 0 Å². The predicted octanol–water partition coefficient (Wildman–Crippen LogP) is 3.07. The molecule has 252 valence electrons. The topological polar surface area (TPSA) is 106 Å². The van der Waals surface area contributed by atoms with Crippen molar-refractivity contribution >= 4 is 29.5 Å². The van der Waals surface area contributed by atoms with Gasteiger partial charge in [0.05, 0.1) is 12.2 Å². The van der Waals surface area contributed by atoms with E-state index in [1.165, 1.54) is 17.7 Å². The summed E-state index contributed by atoms with van der Waals surface area (Å²) in [5.74, 6) is -0.514. The number of imide groups is 1. The standard InChI is InChI=1S/C34H49FN6O5/c1-34(2,3)46-33(45)40-13-5-7-24(21-40)20-38-12-4-6-23(19-38)18-37-14-16-39(17-15-37)27-9-8-25-26(30(27)35)22-41(32(25)44)28-10-11-29(42)36-31(28)43/h8-9,23-24,28H,4-7,10-22H2,1-3H3,(H,36,42,43)/t23-,24-,28?/m1/s1. The fourth-order valence-corrected chi connectivity index (χ4v) is 7.91. The fraction of sp³-hybridized carbons (Fsp3) is 0.706. The minimum atomic E-state index is -0.755. The Labute approximate surface area is 271 Å². The second-order valence-electron chi connectivity index (χ2n) is 14.8. The molecule has 1 unspecified atom stereocenters. The Hall–Kier alpha value is -3.25. The molecule has 4 amide bonds. The number of carbonyl (C=O) groups excluding carboxylic acids is 4. The molecule has 0 radical (unpaired) electrons. The number of fused-ring (bicyclic) bond motifs is 1. The molecule has 46 heavy (non-hydrogen) atoms. The number of halogens is 1. The van der Waals surface area contributed by atoms with Crippen molar-refractivity contribution < 1.29 is 28.3 Å². The zero-order valence-electron chi connectivity index (χ0n) is 27.6. The maximum atomic E-state index is 15.9.